The van der Waals surface area contributed by atoms with E-state index in [1.807, 2.05) is 13.2 Å². The minimum Gasteiger partial charge on any atom is -0.356 e. The van der Waals surface area contributed by atoms with Gasteiger partial charge < -0.3 is 15.2 Å². The molecule has 2 aromatic rings. The van der Waals surface area contributed by atoms with Gasteiger partial charge in [0.2, 0.25) is 0 Å². The van der Waals surface area contributed by atoms with Crippen molar-refractivity contribution in [3.63, 3.8) is 0 Å². The van der Waals surface area contributed by atoms with Gasteiger partial charge in [-0.25, -0.2) is 9.97 Å². The van der Waals surface area contributed by atoms with Crippen LogP contribution < -0.4 is 10.2 Å². The number of fused-ring (bicyclic) bond motifs is 1. The van der Waals surface area contributed by atoms with Crippen LogP contribution in [0.2, 0.25) is 0 Å². The van der Waals surface area contributed by atoms with Gasteiger partial charge in [-0.1, -0.05) is 0 Å². The highest BCUT2D eigenvalue weighted by Crippen LogP contribution is 2.27. The van der Waals surface area contributed by atoms with Gasteiger partial charge in [-0.05, 0) is 32.4 Å². The Morgan fingerprint density at radius 1 is 1.33 bits per heavy atom. The van der Waals surface area contributed by atoms with Gasteiger partial charge >= 0.3 is 0 Å². The van der Waals surface area contributed by atoms with Gasteiger partial charge in [0.25, 0.3) is 0 Å². The van der Waals surface area contributed by atoms with E-state index in [1.165, 1.54) is 23.8 Å². The minimum absolute atomic E-state index is 0.644. The molecule has 0 radical (unpaired) electrons. The van der Waals surface area contributed by atoms with E-state index in [1.54, 1.807) is 6.33 Å². The average molecular weight is 245 g/mol. The van der Waals surface area contributed by atoms with Gasteiger partial charge in [-0.2, -0.15) is 0 Å². The molecule has 0 aromatic carbocycles. The molecule has 1 saturated heterocycles. The minimum atomic E-state index is 0.644. The highest BCUT2D eigenvalue weighted by atomic mass is 15.2. The number of hydrogen-bond donors (Lipinski definition) is 2. The molecule has 1 aliphatic heterocycles. The molecule has 5 heteroatoms. The van der Waals surface area contributed by atoms with Crippen molar-refractivity contribution in [2.75, 3.05) is 25.0 Å². The molecule has 0 unspecified atom stereocenters. The van der Waals surface area contributed by atoms with Crippen molar-refractivity contribution in [3.8, 4) is 0 Å². The van der Waals surface area contributed by atoms with Crippen molar-refractivity contribution in [1.29, 1.82) is 0 Å². The first kappa shape index (κ1) is 11.5. The lowest BCUT2D eigenvalue weighted by Crippen LogP contribution is -2.41. The van der Waals surface area contributed by atoms with Gasteiger partial charge in [-0.3, -0.25) is 0 Å². The van der Waals surface area contributed by atoms with Crippen LogP contribution in [0, 0.1) is 6.92 Å². The second-order valence-corrected chi connectivity index (χ2v) is 4.94. The van der Waals surface area contributed by atoms with E-state index in [9.17, 15) is 0 Å². The fraction of sp³-hybridized carbons (Fsp3) is 0.538. The molecule has 0 aliphatic carbocycles. The topological polar surface area (TPSA) is 56.8 Å². The molecule has 0 amide bonds. The molecule has 1 aliphatic rings. The SMILES string of the molecule is CNC1CCN(c2ncnc3[nH]cc(C)c23)CC1. The van der Waals surface area contributed by atoms with E-state index in [-0.39, 0.29) is 0 Å². The number of nitrogens with one attached hydrogen (secondary N) is 2. The number of aryl methyl sites for hydroxylation is 1. The molecule has 18 heavy (non-hydrogen) atoms. The standard InChI is InChI=1S/C13H19N5/c1-9-7-15-12-11(9)13(17-8-16-12)18-5-3-10(14-2)4-6-18/h7-8,10,14H,3-6H2,1-2H3,(H,15,16,17). The van der Waals surface area contributed by atoms with Crippen molar-refractivity contribution in [2.24, 2.45) is 0 Å². The van der Waals surface area contributed by atoms with Crippen LogP contribution in [0.4, 0.5) is 5.82 Å². The summed E-state index contributed by atoms with van der Waals surface area (Å²) in [5, 5.41) is 4.52. The number of aromatic nitrogens is 3. The van der Waals surface area contributed by atoms with E-state index in [0.717, 1.165) is 24.6 Å². The molecule has 3 rings (SSSR count). The van der Waals surface area contributed by atoms with Crippen molar-refractivity contribution in [2.45, 2.75) is 25.8 Å². The van der Waals surface area contributed by atoms with E-state index >= 15 is 0 Å². The number of nitrogens with zero attached hydrogens (tertiary/aromatic N) is 3. The van der Waals surface area contributed by atoms with Gasteiger partial charge in [0.05, 0.1) is 5.39 Å². The second kappa shape index (κ2) is 4.57. The first-order chi connectivity index (χ1) is 8.79. The maximum Gasteiger partial charge on any atom is 0.143 e. The smallest absolute Gasteiger partial charge is 0.143 e. The predicted molar refractivity (Wildman–Crippen MR) is 72.9 cm³/mol. The van der Waals surface area contributed by atoms with Crippen LogP contribution in [0.1, 0.15) is 18.4 Å². The maximum absolute atomic E-state index is 4.49. The maximum atomic E-state index is 4.49. The Hall–Kier alpha value is -1.62. The molecular formula is C13H19N5. The number of aromatic amines is 1. The Bertz CT molecular complexity index is 539. The van der Waals surface area contributed by atoms with Crippen LogP contribution >= 0.6 is 0 Å². The molecule has 2 aromatic heterocycles. The van der Waals surface area contributed by atoms with Crippen LogP contribution in [0.3, 0.4) is 0 Å². The van der Waals surface area contributed by atoms with Gasteiger partial charge in [-0.15, -0.1) is 0 Å². The summed E-state index contributed by atoms with van der Waals surface area (Å²) in [6, 6.07) is 0.644. The Morgan fingerprint density at radius 2 is 2.11 bits per heavy atom. The lowest BCUT2D eigenvalue weighted by molar-refractivity contribution is 0.441. The summed E-state index contributed by atoms with van der Waals surface area (Å²) in [6.07, 6.45) is 6.00. The second-order valence-electron chi connectivity index (χ2n) is 4.94. The summed E-state index contributed by atoms with van der Waals surface area (Å²) < 4.78 is 0. The Kier molecular flexibility index (Phi) is 2.91. The zero-order valence-corrected chi connectivity index (χ0v) is 10.9. The molecule has 0 spiro atoms. The zero-order chi connectivity index (χ0) is 12.5. The van der Waals surface area contributed by atoms with Gasteiger partial charge in [0.15, 0.2) is 0 Å². The van der Waals surface area contributed by atoms with E-state index in [0.29, 0.717) is 6.04 Å². The molecule has 96 valence electrons. The third-order valence-corrected chi connectivity index (χ3v) is 3.85. The predicted octanol–water partition coefficient (Wildman–Crippen LogP) is 1.45. The molecule has 3 heterocycles. The molecule has 0 saturated carbocycles. The molecule has 0 bridgehead atoms. The van der Waals surface area contributed by atoms with Crippen LogP contribution in [0.25, 0.3) is 11.0 Å². The summed E-state index contributed by atoms with van der Waals surface area (Å²) >= 11 is 0. The third kappa shape index (κ3) is 1.84. The molecule has 2 N–H and O–H groups in total. The van der Waals surface area contributed by atoms with Crippen molar-refractivity contribution in [3.05, 3.63) is 18.1 Å². The zero-order valence-electron chi connectivity index (χ0n) is 10.9. The highest BCUT2D eigenvalue weighted by molar-refractivity contribution is 5.90. The fourth-order valence-corrected chi connectivity index (χ4v) is 2.72. The van der Waals surface area contributed by atoms with Gasteiger partial charge in [0, 0.05) is 25.3 Å². The Morgan fingerprint density at radius 3 is 2.83 bits per heavy atom. The van der Waals surface area contributed by atoms with Crippen molar-refractivity contribution >= 4 is 16.9 Å². The summed E-state index contributed by atoms with van der Waals surface area (Å²) in [5.74, 6) is 1.08. The number of piperidine rings is 1. The van der Waals surface area contributed by atoms with Crippen LogP contribution in [0.5, 0.6) is 0 Å². The van der Waals surface area contributed by atoms with Crippen LogP contribution in [-0.2, 0) is 0 Å². The first-order valence-corrected chi connectivity index (χ1v) is 6.50. The fourth-order valence-electron chi connectivity index (χ4n) is 2.72. The number of H-pyrrole nitrogens is 1. The largest absolute Gasteiger partial charge is 0.356 e. The lowest BCUT2D eigenvalue weighted by Gasteiger charge is -2.32. The Labute approximate surface area is 107 Å². The Balaban J connectivity index is 1.93. The molecule has 0 atom stereocenters. The van der Waals surface area contributed by atoms with E-state index in [2.05, 4.69) is 32.1 Å². The average Bonchev–Trinajstić information content (AvgIpc) is 2.81. The molecular weight excluding hydrogens is 226 g/mol. The monoisotopic (exact) mass is 245 g/mol. The first-order valence-electron chi connectivity index (χ1n) is 6.50. The summed E-state index contributed by atoms with van der Waals surface area (Å²) in [5.41, 5.74) is 2.16. The molecule has 5 nitrogen and oxygen atoms in total. The van der Waals surface area contributed by atoms with Crippen LogP contribution in [-0.4, -0.2) is 41.1 Å². The van der Waals surface area contributed by atoms with Crippen molar-refractivity contribution in [1.82, 2.24) is 20.3 Å². The van der Waals surface area contributed by atoms with Crippen molar-refractivity contribution < 1.29 is 0 Å². The van der Waals surface area contributed by atoms with Gasteiger partial charge in [0.1, 0.15) is 17.8 Å². The summed E-state index contributed by atoms with van der Waals surface area (Å²) in [7, 11) is 2.04. The number of anilines is 1. The summed E-state index contributed by atoms with van der Waals surface area (Å²) in [6.45, 7) is 4.22. The quantitative estimate of drug-likeness (QED) is 0.841. The third-order valence-electron chi connectivity index (χ3n) is 3.85. The highest BCUT2D eigenvalue weighted by Gasteiger charge is 2.21. The number of hydrogen-bond acceptors (Lipinski definition) is 4. The normalized spacial score (nSPS) is 17.6. The van der Waals surface area contributed by atoms with Crippen LogP contribution in [0.15, 0.2) is 12.5 Å². The summed E-state index contributed by atoms with van der Waals surface area (Å²) in [4.78, 5) is 14.3. The lowest BCUT2D eigenvalue weighted by atomic mass is 10.0. The van der Waals surface area contributed by atoms with E-state index in [4.69, 9.17) is 0 Å². The number of rotatable bonds is 2. The van der Waals surface area contributed by atoms with E-state index < -0.39 is 0 Å². The molecule has 1 fully saturated rings.